The van der Waals surface area contributed by atoms with E-state index in [0.717, 1.165) is 11.0 Å². The first kappa shape index (κ1) is 18.0. The third-order valence-corrected chi connectivity index (χ3v) is 5.22. The van der Waals surface area contributed by atoms with Crippen LogP contribution in [0.15, 0.2) is 33.3 Å². The second-order valence-corrected chi connectivity index (χ2v) is 7.50. The van der Waals surface area contributed by atoms with E-state index in [-0.39, 0.29) is 0 Å². The van der Waals surface area contributed by atoms with E-state index in [9.17, 15) is 9.59 Å². The molecule has 0 bridgehead atoms. The van der Waals surface area contributed by atoms with E-state index in [1.165, 1.54) is 0 Å². The van der Waals surface area contributed by atoms with Crippen molar-refractivity contribution < 1.29 is 9.31 Å². The quantitative estimate of drug-likeness (QED) is 0.579. The Morgan fingerprint density at radius 3 is 2.40 bits per heavy atom. The molecule has 0 unspecified atom stereocenters. The third kappa shape index (κ3) is 3.34. The van der Waals surface area contributed by atoms with Crippen LogP contribution in [0.5, 0.6) is 0 Å². The van der Waals surface area contributed by atoms with Crippen molar-refractivity contribution in [1.82, 2.24) is 9.97 Å². The highest BCUT2D eigenvalue weighted by molar-refractivity contribution is 7.80. The zero-order valence-corrected chi connectivity index (χ0v) is 15.6. The Balaban J connectivity index is 2.00. The zero-order chi connectivity index (χ0) is 18.4. The molecule has 0 spiro atoms. The molecule has 132 valence electrons. The third-order valence-electron chi connectivity index (χ3n) is 4.85. The molecule has 1 aromatic carbocycles. The number of aromatic nitrogens is 2. The van der Waals surface area contributed by atoms with Gasteiger partial charge in [0.25, 0.3) is 5.56 Å². The van der Waals surface area contributed by atoms with Crippen molar-refractivity contribution in [1.29, 1.82) is 0 Å². The summed E-state index contributed by atoms with van der Waals surface area (Å²) in [4.78, 5) is 28.2. The molecule has 1 aromatic heterocycles. The lowest BCUT2D eigenvalue weighted by Crippen LogP contribution is -2.41. The Bertz CT molecular complexity index is 945. The van der Waals surface area contributed by atoms with Crippen molar-refractivity contribution in [2.45, 2.75) is 38.9 Å². The highest BCUT2D eigenvalue weighted by Crippen LogP contribution is 2.39. The van der Waals surface area contributed by atoms with Crippen LogP contribution in [-0.2, 0) is 9.31 Å². The Morgan fingerprint density at radius 2 is 1.80 bits per heavy atom. The van der Waals surface area contributed by atoms with Crippen LogP contribution in [0.4, 0.5) is 0 Å². The molecule has 3 rings (SSSR count). The maximum atomic E-state index is 12.0. The van der Waals surface area contributed by atoms with Crippen LogP contribution >= 0.6 is 12.6 Å². The van der Waals surface area contributed by atoms with Crippen LogP contribution in [-0.4, -0.2) is 34.0 Å². The standard InChI is InChI=1S/C17H21BN2O4S/c1-16(2)17(3,4)24-18(23-16)11(9-25)7-10-5-6-13-12(8-10)14(21)20-15(22)19-13/h5-8,25H,9H2,1-4H3,(H2,19,20,21,22). The van der Waals surface area contributed by atoms with Crippen molar-refractivity contribution in [3.05, 3.63) is 50.1 Å². The number of H-pyrrole nitrogens is 2. The molecule has 0 radical (unpaired) electrons. The summed E-state index contributed by atoms with van der Waals surface area (Å²) < 4.78 is 12.1. The summed E-state index contributed by atoms with van der Waals surface area (Å²) in [6, 6.07) is 5.25. The Kier molecular flexibility index (Phi) is 4.47. The number of hydrogen-bond donors (Lipinski definition) is 3. The molecule has 2 heterocycles. The topological polar surface area (TPSA) is 84.2 Å². The van der Waals surface area contributed by atoms with Crippen LogP contribution in [0, 0.1) is 0 Å². The molecular formula is C17H21BN2O4S. The fourth-order valence-electron chi connectivity index (χ4n) is 2.67. The molecule has 1 aliphatic heterocycles. The molecule has 0 atom stereocenters. The van der Waals surface area contributed by atoms with Crippen molar-refractivity contribution in [3.63, 3.8) is 0 Å². The van der Waals surface area contributed by atoms with E-state index in [1.807, 2.05) is 39.8 Å². The number of fused-ring (bicyclic) bond motifs is 1. The minimum atomic E-state index is -0.519. The lowest BCUT2D eigenvalue weighted by molar-refractivity contribution is 0.00578. The van der Waals surface area contributed by atoms with Crippen LogP contribution in [0.2, 0.25) is 0 Å². The first-order chi connectivity index (χ1) is 11.6. The highest BCUT2D eigenvalue weighted by atomic mass is 32.1. The minimum Gasteiger partial charge on any atom is -0.400 e. The highest BCUT2D eigenvalue weighted by Gasteiger charge is 2.52. The van der Waals surface area contributed by atoms with Crippen molar-refractivity contribution >= 4 is 36.7 Å². The van der Waals surface area contributed by atoms with Gasteiger partial charge in [0.15, 0.2) is 0 Å². The summed E-state index contributed by atoms with van der Waals surface area (Å²) in [5.74, 6) is 0.455. The maximum absolute atomic E-state index is 12.0. The molecule has 25 heavy (non-hydrogen) atoms. The molecule has 6 nitrogen and oxygen atoms in total. The van der Waals surface area contributed by atoms with Gasteiger partial charge in [-0.15, -0.1) is 0 Å². The minimum absolute atomic E-state index is 0.417. The van der Waals surface area contributed by atoms with Gasteiger partial charge in [0.1, 0.15) is 0 Å². The Morgan fingerprint density at radius 1 is 1.16 bits per heavy atom. The number of hydrogen-bond acceptors (Lipinski definition) is 5. The van der Waals surface area contributed by atoms with Gasteiger partial charge in [-0.05, 0) is 50.9 Å². The lowest BCUT2D eigenvalue weighted by atomic mass is 9.78. The average Bonchev–Trinajstić information content (AvgIpc) is 2.73. The Labute approximate surface area is 151 Å². The monoisotopic (exact) mass is 360 g/mol. The van der Waals surface area contributed by atoms with Crippen LogP contribution < -0.4 is 11.2 Å². The van der Waals surface area contributed by atoms with Gasteiger partial charge in [-0.25, -0.2) is 4.79 Å². The van der Waals surface area contributed by atoms with Gasteiger partial charge >= 0.3 is 12.8 Å². The second-order valence-electron chi connectivity index (χ2n) is 7.18. The number of aromatic amines is 2. The summed E-state index contributed by atoms with van der Waals surface area (Å²) in [6.45, 7) is 7.98. The molecule has 0 aliphatic carbocycles. The van der Waals surface area contributed by atoms with E-state index in [4.69, 9.17) is 9.31 Å². The normalized spacial score (nSPS) is 19.6. The molecule has 2 N–H and O–H groups in total. The Hall–Kier alpha value is -1.77. The first-order valence-corrected chi connectivity index (χ1v) is 8.69. The van der Waals surface area contributed by atoms with Gasteiger partial charge in [0, 0.05) is 5.75 Å². The van der Waals surface area contributed by atoms with E-state index in [0.29, 0.717) is 16.7 Å². The van der Waals surface area contributed by atoms with Crippen LogP contribution in [0.3, 0.4) is 0 Å². The fraction of sp³-hybridized carbons (Fsp3) is 0.412. The van der Waals surface area contributed by atoms with Gasteiger partial charge < -0.3 is 14.3 Å². The van der Waals surface area contributed by atoms with Crippen molar-refractivity contribution in [2.24, 2.45) is 0 Å². The van der Waals surface area contributed by atoms with Crippen molar-refractivity contribution in [2.75, 3.05) is 5.75 Å². The predicted octanol–water partition coefficient (Wildman–Crippen LogP) is 2.16. The fourth-order valence-corrected chi connectivity index (χ4v) is 2.91. The molecule has 2 aromatic rings. The molecule has 0 saturated carbocycles. The summed E-state index contributed by atoms with van der Waals surface area (Å²) >= 11 is 4.40. The largest absolute Gasteiger partial charge is 0.491 e. The second kappa shape index (κ2) is 6.19. The molecule has 1 saturated heterocycles. The van der Waals surface area contributed by atoms with Gasteiger partial charge in [0.2, 0.25) is 0 Å². The summed E-state index contributed by atoms with van der Waals surface area (Å²) in [6.07, 6.45) is 1.90. The molecule has 8 heteroatoms. The summed E-state index contributed by atoms with van der Waals surface area (Å²) in [5.41, 5.74) is 0.366. The van der Waals surface area contributed by atoms with Crippen molar-refractivity contribution in [3.8, 4) is 0 Å². The number of rotatable bonds is 3. The van der Waals surface area contributed by atoms with Gasteiger partial charge in [-0.2, -0.15) is 12.6 Å². The van der Waals surface area contributed by atoms with Crippen LogP contribution in [0.1, 0.15) is 33.3 Å². The summed E-state index contributed by atoms with van der Waals surface area (Å²) in [5, 5.41) is 0.417. The van der Waals surface area contributed by atoms with Crippen LogP contribution in [0.25, 0.3) is 17.0 Å². The van der Waals surface area contributed by atoms with E-state index >= 15 is 0 Å². The van der Waals surface area contributed by atoms with Gasteiger partial charge in [-0.1, -0.05) is 12.1 Å². The predicted molar refractivity (Wildman–Crippen MR) is 103 cm³/mol. The average molecular weight is 360 g/mol. The maximum Gasteiger partial charge on any atom is 0.491 e. The summed E-state index contributed by atoms with van der Waals surface area (Å²) in [7, 11) is -0.493. The van der Waals surface area contributed by atoms with E-state index < -0.39 is 29.6 Å². The smallest absolute Gasteiger partial charge is 0.400 e. The molecular weight excluding hydrogens is 339 g/mol. The molecule has 0 amide bonds. The first-order valence-electron chi connectivity index (χ1n) is 8.06. The number of nitrogens with one attached hydrogen (secondary N) is 2. The zero-order valence-electron chi connectivity index (χ0n) is 14.7. The SMILES string of the molecule is CC1(C)OB(C(=Cc2ccc3[nH]c(=O)[nH]c(=O)c3c2)CS)OC1(C)C. The molecule has 1 fully saturated rings. The van der Waals surface area contributed by atoms with E-state index in [1.54, 1.807) is 12.1 Å². The molecule has 1 aliphatic rings. The number of thiol groups is 1. The number of benzene rings is 1. The van der Waals surface area contributed by atoms with Gasteiger partial charge in [0.05, 0.1) is 22.1 Å². The van der Waals surface area contributed by atoms with E-state index in [2.05, 4.69) is 22.6 Å². The van der Waals surface area contributed by atoms with Gasteiger partial charge in [-0.3, -0.25) is 9.78 Å². The lowest BCUT2D eigenvalue weighted by Gasteiger charge is -2.32.